The lowest BCUT2D eigenvalue weighted by Crippen LogP contribution is -2.55. The molecule has 5 rings (SSSR count). The smallest absolute Gasteiger partial charge is 0.248 e. The molecule has 0 radical (unpaired) electrons. The van der Waals surface area contributed by atoms with Crippen LogP contribution in [0.15, 0.2) is 36.7 Å². The first-order valence-corrected chi connectivity index (χ1v) is 15.3. The Hall–Kier alpha value is -3.44. The van der Waals surface area contributed by atoms with Crippen LogP contribution in [-0.2, 0) is 19.1 Å². The van der Waals surface area contributed by atoms with Gasteiger partial charge in [-0.25, -0.2) is 15.0 Å². The van der Waals surface area contributed by atoms with E-state index in [9.17, 15) is 14.4 Å². The number of nitrogens with one attached hydrogen (secondary N) is 1. The zero-order chi connectivity index (χ0) is 28.9. The summed E-state index contributed by atoms with van der Waals surface area (Å²) in [4.78, 5) is 58.1. The van der Waals surface area contributed by atoms with Crippen molar-refractivity contribution in [3.8, 4) is 11.3 Å². The molecule has 2 aliphatic heterocycles. The second-order valence-corrected chi connectivity index (χ2v) is 11.9. The van der Waals surface area contributed by atoms with Gasteiger partial charge in [-0.2, -0.15) is 0 Å². The van der Waals surface area contributed by atoms with Gasteiger partial charge < -0.3 is 19.9 Å². The molecule has 3 atom stereocenters. The number of thiazole rings is 1. The number of likely N-dealkylation sites (tertiary alicyclic amines) is 2. The zero-order valence-corrected chi connectivity index (χ0v) is 24.7. The highest BCUT2D eigenvalue weighted by molar-refractivity contribution is 7.18. The number of hydrogen-bond acceptors (Lipinski definition) is 8. The first-order valence-electron chi connectivity index (χ1n) is 14.5. The summed E-state index contributed by atoms with van der Waals surface area (Å²) < 4.78 is 5.01. The van der Waals surface area contributed by atoms with E-state index in [2.05, 4.69) is 15.3 Å². The van der Waals surface area contributed by atoms with Crippen LogP contribution < -0.4 is 5.32 Å². The van der Waals surface area contributed by atoms with Crippen LogP contribution in [0.3, 0.4) is 0 Å². The number of piperidine rings is 1. The maximum absolute atomic E-state index is 14.3. The minimum Gasteiger partial charge on any atom is -0.375 e. The second kappa shape index (κ2) is 13.0. The molecule has 0 unspecified atom stereocenters. The van der Waals surface area contributed by atoms with Crippen molar-refractivity contribution in [2.45, 2.75) is 58.0 Å². The van der Waals surface area contributed by atoms with Crippen molar-refractivity contribution in [2.75, 3.05) is 33.4 Å². The third-order valence-electron chi connectivity index (χ3n) is 8.34. The van der Waals surface area contributed by atoms with Crippen molar-refractivity contribution in [1.29, 1.82) is 0 Å². The largest absolute Gasteiger partial charge is 0.375 e. The molecule has 2 fully saturated rings. The number of hydrogen-bond donors (Lipinski definition) is 1. The van der Waals surface area contributed by atoms with Gasteiger partial charge >= 0.3 is 0 Å². The fourth-order valence-electron chi connectivity index (χ4n) is 5.74. The van der Waals surface area contributed by atoms with Gasteiger partial charge in [-0.1, -0.05) is 55.5 Å². The Morgan fingerprint density at radius 1 is 1.10 bits per heavy atom. The number of carbonyl (C=O) groups is 3. The van der Waals surface area contributed by atoms with Crippen molar-refractivity contribution in [2.24, 2.45) is 11.8 Å². The van der Waals surface area contributed by atoms with Gasteiger partial charge in [0.05, 0.1) is 6.04 Å². The predicted octanol–water partition coefficient (Wildman–Crippen LogP) is 3.83. The molecule has 1 aromatic carbocycles. The Bertz CT molecular complexity index is 1370. The lowest BCUT2D eigenvalue weighted by molar-refractivity contribution is -0.141. The van der Waals surface area contributed by atoms with Crippen LogP contribution in [0.1, 0.15) is 57.0 Å². The van der Waals surface area contributed by atoms with Crippen molar-refractivity contribution < 1.29 is 19.1 Å². The van der Waals surface area contributed by atoms with E-state index in [-0.39, 0.29) is 42.2 Å². The quantitative estimate of drug-likeness (QED) is 0.410. The van der Waals surface area contributed by atoms with Crippen LogP contribution in [0.25, 0.3) is 21.6 Å². The number of ether oxygens (including phenoxy) is 1. The number of nitrogens with zero attached hydrogens (tertiary/aromatic N) is 5. The van der Waals surface area contributed by atoms with E-state index < -0.39 is 6.04 Å². The molecule has 3 amide bonds. The number of aromatic nitrogens is 3. The first-order chi connectivity index (χ1) is 19.9. The van der Waals surface area contributed by atoms with E-state index in [1.54, 1.807) is 11.2 Å². The average Bonchev–Trinajstić information content (AvgIpc) is 3.67. The highest BCUT2D eigenvalue weighted by atomic mass is 32.1. The normalized spacial score (nSPS) is 19.3. The standard InChI is InChI=1S/C30H38N6O4S/c1-4-19(2)27(38)33-25(21-12-15-35(16-13-21)23(37)17-40-3)30(39)36-14-8-11-22(36)28-34-26-24(20-9-6-5-7-10-20)31-18-32-29(26)41-28/h5-7,9-10,18-19,21-22,25H,4,8,11-17H2,1-3H3,(H,33,38)/t19-,22+,25+/m1/s1. The lowest BCUT2D eigenvalue weighted by Gasteiger charge is -2.38. The number of methoxy groups -OCH3 is 1. The van der Waals surface area contributed by atoms with Gasteiger partial charge in [0.2, 0.25) is 17.7 Å². The Morgan fingerprint density at radius 2 is 1.85 bits per heavy atom. The van der Waals surface area contributed by atoms with Crippen LogP contribution in [0, 0.1) is 11.8 Å². The number of benzene rings is 1. The fraction of sp³-hybridized carbons (Fsp3) is 0.533. The fourth-order valence-corrected chi connectivity index (χ4v) is 6.80. The van der Waals surface area contributed by atoms with Gasteiger partial charge in [-0.15, -0.1) is 0 Å². The van der Waals surface area contributed by atoms with Crippen LogP contribution in [0.2, 0.25) is 0 Å². The summed E-state index contributed by atoms with van der Waals surface area (Å²) in [6, 6.07) is 9.09. The van der Waals surface area contributed by atoms with Crippen molar-refractivity contribution in [3.63, 3.8) is 0 Å². The molecule has 0 bridgehead atoms. The van der Waals surface area contributed by atoms with Gasteiger partial charge in [-0.05, 0) is 38.0 Å². The molecule has 2 aromatic heterocycles. The molecule has 218 valence electrons. The first kappa shape index (κ1) is 29.1. The molecule has 4 heterocycles. The molecule has 2 saturated heterocycles. The van der Waals surface area contributed by atoms with E-state index in [0.717, 1.165) is 39.5 Å². The van der Waals surface area contributed by atoms with Crippen LogP contribution in [0.5, 0.6) is 0 Å². The number of amides is 3. The number of rotatable bonds is 9. The molecule has 11 heteroatoms. The molecular formula is C30H38N6O4S. The minimum atomic E-state index is -0.647. The van der Waals surface area contributed by atoms with Gasteiger partial charge in [0.25, 0.3) is 0 Å². The summed E-state index contributed by atoms with van der Waals surface area (Å²) in [6.45, 7) is 5.59. The lowest BCUT2D eigenvalue weighted by atomic mass is 9.87. The molecule has 0 saturated carbocycles. The van der Waals surface area contributed by atoms with E-state index >= 15 is 0 Å². The molecule has 0 spiro atoms. The average molecular weight is 579 g/mol. The van der Waals surface area contributed by atoms with E-state index in [1.165, 1.54) is 18.4 Å². The second-order valence-electron chi connectivity index (χ2n) is 10.9. The Morgan fingerprint density at radius 3 is 2.56 bits per heavy atom. The maximum atomic E-state index is 14.3. The molecule has 0 aliphatic carbocycles. The predicted molar refractivity (Wildman–Crippen MR) is 157 cm³/mol. The van der Waals surface area contributed by atoms with Gasteiger partial charge in [0, 0.05) is 38.2 Å². The Labute approximate surface area is 244 Å². The van der Waals surface area contributed by atoms with Gasteiger partial charge in [-0.3, -0.25) is 14.4 Å². The molecule has 41 heavy (non-hydrogen) atoms. The molecule has 10 nitrogen and oxygen atoms in total. The van der Waals surface area contributed by atoms with Crippen molar-refractivity contribution in [1.82, 2.24) is 30.1 Å². The summed E-state index contributed by atoms with van der Waals surface area (Å²) in [5.74, 6) is -0.482. The molecule has 1 N–H and O–H groups in total. The molecule has 3 aromatic rings. The Kier molecular flexibility index (Phi) is 9.24. The maximum Gasteiger partial charge on any atom is 0.248 e. The van der Waals surface area contributed by atoms with Gasteiger partial charge in [0.15, 0.2) is 0 Å². The molecular weight excluding hydrogens is 540 g/mol. The summed E-state index contributed by atoms with van der Waals surface area (Å²) in [6.07, 6.45) is 5.20. The van der Waals surface area contributed by atoms with E-state index in [0.29, 0.717) is 38.9 Å². The number of carbonyl (C=O) groups excluding carboxylic acids is 3. The third-order valence-corrected chi connectivity index (χ3v) is 9.40. The van der Waals surface area contributed by atoms with E-state index in [4.69, 9.17) is 9.72 Å². The third kappa shape index (κ3) is 6.25. The van der Waals surface area contributed by atoms with Crippen LogP contribution in [-0.4, -0.2) is 81.9 Å². The highest BCUT2D eigenvalue weighted by Crippen LogP contribution is 2.39. The zero-order valence-electron chi connectivity index (χ0n) is 23.9. The highest BCUT2D eigenvalue weighted by Gasteiger charge is 2.41. The monoisotopic (exact) mass is 578 g/mol. The minimum absolute atomic E-state index is 0.0474. The summed E-state index contributed by atoms with van der Waals surface area (Å²) in [7, 11) is 1.51. The number of fused-ring (bicyclic) bond motifs is 1. The van der Waals surface area contributed by atoms with Crippen LogP contribution >= 0.6 is 11.3 Å². The summed E-state index contributed by atoms with van der Waals surface area (Å²) in [5, 5.41) is 3.96. The van der Waals surface area contributed by atoms with Crippen LogP contribution in [0.4, 0.5) is 0 Å². The van der Waals surface area contributed by atoms with E-state index in [1.807, 2.05) is 49.1 Å². The summed E-state index contributed by atoms with van der Waals surface area (Å²) >= 11 is 1.50. The van der Waals surface area contributed by atoms with Crippen molar-refractivity contribution in [3.05, 3.63) is 41.7 Å². The topological polar surface area (TPSA) is 118 Å². The molecule has 2 aliphatic rings. The van der Waals surface area contributed by atoms with Crippen molar-refractivity contribution >= 4 is 39.4 Å². The Balaban J connectivity index is 1.39. The SMILES string of the molecule is CC[C@@H](C)C(=O)N[C@H](C(=O)N1CCC[C@H]1c1nc2c(-c3ccccc3)ncnc2s1)C1CCN(C(=O)COC)CC1. The summed E-state index contributed by atoms with van der Waals surface area (Å²) in [5.41, 5.74) is 2.49. The van der Waals surface area contributed by atoms with Gasteiger partial charge in [0.1, 0.15) is 40.0 Å².